The molecule has 0 aromatic carbocycles. The van der Waals surface area contributed by atoms with Gasteiger partial charge in [-0.3, -0.25) is 9.78 Å². The van der Waals surface area contributed by atoms with E-state index in [1.165, 1.54) is 19.3 Å². The lowest BCUT2D eigenvalue weighted by Crippen LogP contribution is -2.47. The van der Waals surface area contributed by atoms with E-state index in [1.54, 1.807) is 12.4 Å². The van der Waals surface area contributed by atoms with Crippen molar-refractivity contribution in [1.82, 2.24) is 9.88 Å². The normalized spacial score (nSPS) is 23.0. The van der Waals surface area contributed by atoms with Gasteiger partial charge >= 0.3 is 0 Å². The van der Waals surface area contributed by atoms with Crippen LogP contribution in [-0.2, 0) is 10.4 Å². The molecule has 2 fully saturated rings. The Balaban J connectivity index is 1.61. The van der Waals surface area contributed by atoms with Crippen molar-refractivity contribution in [3.05, 3.63) is 30.1 Å². The Morgan fingerprint density at radius 1 is 1.24 bits per heavy atom. The Bertz CT molecular complexity index is 475. The molecule has 0 unspecified atom stereocenters. The molecule has 0 radical (unpaired) electrons. The lowest BCUT2D eigenvalue weighted by atomic mass is 9.83. The minimum absolute atomic E-state index is 0.225. The lowest BCUT2D eigenvalue weighted by Gasteiger charge is -2.40. The van der Waals surface area contributed by atoms with Crippen LogP contribution >= 0.6 is 0 Å². The number of aliphatic hydroxyl groups is 1. The molecule has 0 spiro atoms. The largest absolute Gasteiger partial charge is 0.385 e. The van der Waals surface area contributed by atoms with E-state index in [-0.39, 0.29) is 5.92 Å². The number of pyridine rings is 1. The minimum Gasteiger partial charge on any atom is -0.385 e. The Morgan fingerprint density at radius 2 is 1.95 bits per heavy atom. The molecule has 1 aromatic rings. The summed E-state index contributed by atoms with van der Waals surface area (Å²) in [5, 5.41) is 10.8. The van der Waals surface area contributed by atoms with Crippen LogP contribution in [0.5, 0.6) is 0 Å². The highest BCUT2D eigenvalue weighted by Gasteiger charge is 2.37. The molecule has 1 aliphatic carbocycles. The third-order valence-corrected chi connectivity index (χ3v) is 5.06. The van der Waals surface area contributed by atoms with Gasteiger partial charge in [-0.1, -0.05) is 25.3 Å². The van der Waals surface area contributed by atoms with Gasteiger partial charge in [0.2, 0.25) is 5.91 Å². The molecule has 1 aromatic heterocycles. The zero-order valence-electron chi connectivity index (χ0n) is 12.5. The quantitative estimate of drug-likeness (QED) is 0.909. The molecular weight excluding hydrogens is 264 g/mol. The summed E-state index contributed by atoms with van der Waals surface area (Å²) in [6.07, 6.45) is 10.4. The van der Waals surface area contributed by atoms with Gasteiger partial charge in [0.1, 0.15) is 0 Å². The first-order valence-electron chi connectivity index (χ1n) is 8.11. The van der Waals surface area contributed by atoms with Crippen molar-refractivity contribution < 1.29 is 9.90 Å². The predicted molar refractivity (Wildman–Crippen MR) is 80.5 cm³/mol. The van der Waals surface area contributed by atoms with Gasteiger partial charge in [-0.05, 0) is 31.7 Å². The topological polar surface area (TPSA) is 53.4 Å². The highest BCUT2D eigenvalue weighted by atomic mass is 16.3. The summed E-state index contributed by atoms with van der Waals surface area (Å²) in [6, 6.07) is 3.78. The number of amides is 1. The molecule has 1 aliphatic heterocycles. The Labute approximate surface area is 126 Å². The summed E-state index contributed by atoms with van der Waals surface area (Å²) in [5.41, 5.74) is 0.0483. The fraction of sp³-hybridized carbons (Fsp3) is 0.647. The minimum atomic E-state index is -0.822. The lowest BCUT2D eigenvalue weighted by molar-refractivity contribution is -0.141. The number of aromatic nitrogens is 1. The van der Waals surface area contributed by atoms with Gasteiger partial charge in [0.15, 0.2) is 0 Å². The molecule has 1 N–H and O–H groups in total. The summed E-state index contributed by atoms with van der Waals surface area (Å²) in [7, 11) is 0. The molecular formula is C17H24N2O2. The van der Waals surface area contributed by atoms with Crippen molar-refractivity contribution in [3.8, 4) is 0 Å². The molecule has 1 saturated heterocycles. The van der Waals surface area contributed by atoms with Crippen molar-refractivity contribution in [3.63, 3.8) is 0 Å². The molecule has 21 heavy (non-hydrogen) atoms. The van der Waals surface area contributed by atoms with E-state index in [2.05, 4.69) is 4.98 Å². The third-order valence-electron chi connectivity index (χ3n) is 5.06. The van der Waals surface area contributed by atoms with Crippen LogP contribution in [0.1, 0.15) is 50.5 Å². The maximum Gasteiger partial charge on any atom is 0.225 e. The van der Waals surface area contributed by atoms with E-state index < -0.39 is 5.60 Å². The van der Waals surface area contributed by atoms with Crippen molar-refractivity contribution in [2.24, 2.45) is 5.92 Å². The van der Waals surface area contributed by atoms with Crippen LogP contribution in [-0.4, -0.2) is 34.0 Å². The average Bonchev–Trinajstić information content (AvgIpc) is 2.57. The molecule has 4 nitrogen and oxygen atoms in total. The summed E-state index contributed by atoms with van der Waals surface area (Å²) < 4.78 is 0. The van der Waals surface area contributed by atoms with Crippen molar-refractivity contribution in [1.29, 1.82) is 0 Å². The van der Waals surface area contributed by atoms with Crippen LogP contribution in [0.25, 0.3) is 0 Å². The summed E-state index contributed by atoms with van der Waals surface area (Å²) in [6.45, 7) is 1.31. The number of piperidine rings is 1. The first-order valence-corrected chi connectivity index (χ1v) is 8.11. The van der Waals surface area contributed by atoms with Gasteiger partial charge in [0, 0.05) is 37.0 Å². The van der Waals surface area contributed by atoms with E-state index in [4.69, 9.17) is 0 Å². The number of nitrogens with zero attached hydrogens (tertiary/aromatic N) is 2. The van der Waals surface area contributed by atoms with Gasteiger partial charge in [0.25, 0.3) is 0 Å². The van der Waals surface area contributed by atoms with Crippen molar-refractivity contribution >= 4 is 5.91 Å². The van der Waals surface area contributed by atoms with Gasteiger partial charge in [0.05, 0.1) is 5.60 Å². The maximum atomic E-state index is 12.5. The first-order chi connectivity index (χ1) is 10.2. The van der Waals surface area contributed by atoms with E-state index in [1.807, 2.05) is 17.0 Å². The molecule has 2 heterocycles. The number of hydrogen-bond donors (Lipinski definition) is 1. The van der Waals surface area contributed by atoms with Gasteiger partial charge < -0.3 is 10.0 Å². The van der Waals surface area contributed by atoms with E-state index in [9.17, 15) is 9.90 Å². The number of carbonyl (C=O) groups excluding carboxylic acids is 1. The fourth-order valence-corrected chi connectivity index (χ4v) is 3.63. The Morgan fingerprint density at radius 3 is 2.57 bits per heavy atom. The van der Waals surface area contributed by atoms with Crippen LogP contribution in [0.3, 0.4) is 0 Å². The van der Waals surface area contributed by atoms with E-state index in [0.717, 1.165) is 18.4 Å². The molecule has 3 rings (SSSR count). The highest BCUT2D eigenvalue weighted by Crippen LogP contribution is 2.34. The van der Waals surface area contributed by atoms with E-state index >= 15 is 0 Å². The van der Waals surface area contributed by atoms with Crippen LogP contribution in [0, 0.1) is 5.92 Å². The second kappa shape index (κ2) is 6.14. The number of rotatable bonds is 2. The van der Waals surface area contributed by atoms with Crippen molar-refractivity contribution in [2.75, 3.05) is 13.1 Å². The second-order valence-corrected chi connectivity index (χ2v) is 6.43. The molecule has 114 valence electrons. The smallest absolute Gasteiger partial charge is 0.225 e. The molecule has 1 amide bonds. The zero-order valence-corrected chi connectivity index (χ0v) is 12.5. The van der Waals surface area contributed by atoms with Gasteiger partial charge in [-0.25, -0.2) is 0 Å². The van der Waals surface area contributed by atoms with Gasteiger partial charge in [-0.2, -0.15) is 0 Å². The number of likely N-dealkylation sites (tertiary alicyclic amines) is 1. The Hall–Kier alpha value is -1.42. The van der Waals surface area contributed by atoms with Crippen LogP contribution in [0.15, 0.2) is 24.5 Å². The summed E-state index contributed by atoms with van der Waals surface area (Å²) in [5.74, 6) is 0.534. The van der Waals surface area contributed by atoms with E-state index in [0.29, 0.717) is 31.8 Å². The zero-order chi connectivity index (χ0) is 14.7. The van der Waals surface area contributed by atoms with Crippen molar-refractivity contribution in [2.45, 2.75) is 50.5 Å². The fourth-order valence-electron chi connectivity index (χ4n) is 3.63. The Kier molecular flexibility index (Phi) is 4.24. The SMILES string of the molecule is O=C(C1CCCCC1)N1CCC(O)(c2cccnc2)CC1. The highest BCUT2D eigenvalue weighted by molar-refractivity contribution is 5.79. The number of carbonyl (C=O) groups is 1. The summed E-state index contributed by atoms with van der Waals surface area (Å²) in [4.78, 5) is 18.6. The molecule has 0 atom stereocenters. The second-order valence-electron chi connectivity index (χ2n) is 6.43. The molecule has 1 saturated carbocycles. The monoisotopic (exact) mass is 288 g/mol. The van der Waals surface area contributed by atoms with Gasteiger partial charge in [-0.15, -0.1) is 0 Å². The molecule has 4 heteroatoms. The summed E-state index contributed by atoms with van der Waals surface area (Å²) >= 11 is 0. The van der Waals surface area contributed by atoms with Crippen LogP contribution in [0.4, 0.5) is 0 Å². The first kappa shape index (κ1) is 14.5. The standard InChI is InChI=1S/C17H24N2O2/c20-16(14-5-2-1-3-6-14)19-11-8-17(21,9-12-19)15-7-4-10-18-13-15/h4,7,10,13-14,21H,1-3,5-6,8-9,11-12H2. The predicted octanol–water partition coefficient (Wildman–Crippen LogP) is 2.47. The molecule has 0 bridgehead atoms. The maximum absolute atomic E-state index is 12.5. The number of hydrogen-bond acceptors (Lipinski definition) is 3. The molecule has 2 aliphatic rings. The van der Waals surface area contributed by atoms with Crippen LogP contribution in [0.2, 0.25) is 0 Å². The average molecular weight is 288 g/mol. The third kappa shape index (κ3) is 3.10. The van der Waals surface area contributed by atoms with Crippen LogP contribution < -0.4 is 0 Å².